The molecule has 2 aliphatic rings. The standard InChI is InChI=1S/2C25H31.C2H7Si.2ClH.Zr/c2*1-16(2)20-10-8-9-11-22(20)24-21(17(3)4)13-12-18-14-19(15-23(18)24)25(5,6)7;1-3-2;;;/h2*8-17H,1-7H3;3H,1-2H3;2*1H;/q;;;;;+2/p-2. The molecule has 0 saturated carbocycles. The molecule has 0 nitrogen and oxygen atoms in total. The molecule has 56 heavy (non-hydrogen) atoms. The van der Waals surface area contributed by atoms with E-state index in [1.165, 1.54) is 77.9 Å². The van der Waals surface area contributed by atoms with E-state index in [9.17, 15) is 0 Å². The fourth-order valence-corrected chi connectivity index (χ4v) is 41.7. The van der Waals surface area contributed by atoms with Crippen LogP contribution in [0, 0.1) is 10.8 Å². The third-order valence-electron chi connectivity index (χ3n) is 13.4. The Bertz CT molecular complexity index is 2070. The van der Waals surface area contributed by atoms with Crippen molar-refractivity contribution < 1.29 is 15.6 Å². The summed E-state index contributed by atoms with van der Waals surface area (Å²) in [5, 5.41) is 0. The molecule has 0 saturated heterocycles. The van der Waals surface area contributed by atoms with E-state index in [1.807, 2.05) is 0 Å². The van der Waals surface area contributed by atoms with Gasteiger partial charge in [-0.15, -0.1) is 0 Å². The quantitative estimate of drug-likeness (QED) is 0.147. The molecule has 2 aliphatic carbocycles. The molecule has 4 aromatic rings. The Hall–Kier alpha value is -1.96. The molecule has 0 bridgehead atoms. The van der Waals surface area contributed by atoms with Crippen LogP contribution < -0.4 is 0 Å². The van der Waals surface area contributed by atoms with E-state index in [0.717, 1.165) is 0 Å². The van der Waals surface area contributed by atoms with Gasteiger partial charge in [-0.1, -0.05) is 0 Å². The molecule has 0 fully saturated rings. The molecular weight excluding hydrogens is 815 g/mol. The normalized spacial score (nSPS) is 18.2. The van der Waals surface area contributed by atoms with Crippen molar-refractivity contribution in [2.24, 2.45) is 10.8 Å². The molecule has 6 rings (SSSR count). The van der Waals surface area contributed by atoms with Gasteiger partial charge in [-0.25, -0.2) is 0 Å². The van der Waals surface area contributed by atoms with Gasteiger partial charge in [-0.2, -0.15) is 0 Å². The Kier molecular flexibility index (Phi) is 11.9. The van der Waals surface area contributed by atoms with Crippen LogP contribution in [0.15, 0.2) is 83.9 Å². The van der Waals surface area contributed by atoms with Crippen molar-refractivity contribution in [3.8, 4) is 22.3 Å². The Morgan fingerprint density at radius 1 is 0.482 bits per heavy atom. The van der Waals surface area contributed by atoms with Crippen LogP contribution in [0.5, 0.6) is 0 Å². The van der Waals surface area contributed by atoms with Crippen molar-refractivity contribution in [3.63, 3.8) is 0 Å². The van der Waals surface area contributed by atoms with Crippen LogP contribution in [0.3, 0.4) is 0 Å². The van der Waals surface area contributed by atoms with Gasteiger partial charge in [0.05, 0.1) is 0 Å². The molecule has 0 heterocycles. The second-order valence-corrected chi connectivity index (χ2v) is 63.3. The Labute approximate surface area is 350 Å². The van der Waals surface area contributed by atoms with Gasteiger partial charge in [-0.05, 0) is 0 Å². The first-order valence-corrected chi connectivity index (χ1v) is 37.8. The topological polar surface area (TPSA) is 0 Å². The minimum absolute atomic E-state index is 0.00508. The summed E-state index contributed by atoms with van der Waals surface area (Å²) in [5.41, 5.74) is 19.1. The fourth-order valence-electron chi connectivity index (χ4n) is 10.3. The molecule has 2 unspecified atom stereocenters. The Balaban J connectivity index is 1.75. The number of allylic oxidation sites excluding steroid dienone is 2. The average molecular weight is 884 g/mol. The molecule has 0 aliphatic heterocycles. The van der Waals surface area contributed by atoms with Crippen molar-refractivity contribution in [1.29, 1.82) is 0 Å². The van der Waals surface area contributed by atoms with Gasteiger partial charge < -0.3 is 0 Å². The summed E-state index contributed by atoms with van der Waals surface area (Å²) in [6.45, 7) is 38.0. The van der Waals surface area contributed by atoms with Gasteiger partial charge in [0.1, 0.15) is 0 Å². The van der Waals surface area contributed by atoms with Gasteiger partial charge in [0.25, 0.3) is 0 Å². The minimum atomic E-state index is -5.16. The van der Waals surface area contributed by atoms with Crippen molar-refractivity contribution in [1.82, 2.24) is 0 Å². The van der Waals surface area contributed by atoms with Crippen LogP contribution in [-0.4, -0.2) is 5.92 Å². The van der Waals surface area contributed by atoms with Gasteiger partial charge in [0.15, 0.2) is 0 Å². The van der Waals surface area contributed by atoms with E-state index in [1.54, 1.807) is 0 Å². The molecule has 0 spiro atoms. The van der Waals surface area contributed by atoms with E-state index in [-0.39, 0.29) is 18.1 Å². The van der Waals surface area contributed by atoms with E-state index >= 15 is 0 Å². The van der Waals surface area contributed by atoms with E-state index < -0.39 is 21.5 Å². The predicted octanol–water partition coefficient (Wildman–Crippen LogP) is 17.2. The first kappa shape index (κ1) is 43.6. The van der Waals surface area contributed by atoms with Crippen LogP contribution in [0.2, 0.25) is 13.1 Å². The summed E-state index contributed by atoms with van der Waals surface area (Å²) in [7, 11) is 18.2. The number of rotatable bonds is 9. The van der Waals surface area contributed by atoms with Crippen LogP contribution in [-0.2, 0) is 15.6 Å². The predicted molar refractivity (Wildman–Crippen MR) is 251 cm³/mol. The Morgan fingerprint density at radius 2 is 0.804 bits per heavy atom. The van der Waals surface area contributed by atoms with E-state index in [4.69, 9.17) is 17.0 Å². The zero-order valence-corrected chi connectivity index (χ0v) is 42.5. The third-order valence-corrected chi connectivity index (χ3v) is 64.9. The van der Waals surface area contributed by atoms with Gasteiger partial charge in [0, 0.05) is 0 Å². The zero-order chi connectivity index (χ0) is 41.5. The molecule has 299 valence electrons. The summed E-state index contributed by atoms with van der Waals surface area (Å²) in [5.74, 6) is -0.253. The molecular formula is C52H69Cl2SiZr. The zero-order valence-electron chi connectivity index (χ0n) is 37.4. The average Bonchev–Trinajstić information content (AvgIpc) is 3.72. The van der Waals surface area contributed by atoms with Crippen molar-refractivity contribution >= 4 is 35.1 Å². The monoisotopic (exact) mass is 881 g/mol. The Morgan fingerprint density at radius 3 is 1.09 bits per heavy atom. The summed E-state index contributed by atoms with van der Waals surface area (Å²) in [4.78, 5) is 0. The fraction of sp³-hybridized carbons (Fsp3) is 0.462. The number of fused-ring (bicyclic) bond motifs is 2. The van der Waals surface area contributed by atoms with Crippen molar-refractivity contribution in [2.75, 3.05) is 0 Å². The second-order valence-electron chi connectivity index (χ2n) is 20.8. The van der Waals surface area contributed by atoms with E-state index in [2.05, 4.69) is 195 Å². The molecule has 0 N–H and O–H groups in total. The first-order valence-electron chi connectivity index (χ1n) is 21.5. The SMILES string of the molecule is CC(C)c1ccccc1-c1c(C(C)C)ccc2c1C=C(C(C)(C)C)[CH]2[Zr]([Cl])([Cl])([CH]1C(C(C)(C)C)=Cc2c1ccc(C(C)C)c2-c1ccccc1C(C)C)[SiH](C)C. The van der Waals surface area contributed by atoms with Gasteiger partial charge in [-0.3, -0.25) is 0 Å². The summed E-state index contributed by atoms with van der Waals surface area (Å²) in [6, 6.07) is 28.0. The summed E-state index contributed by atoms with van der Waals surface area (Å²) in [6.07, 6.45) is 5.16. The number of benzene rings is 4. The number of hydrogen-bond donors (Lipinski definition) is 0. The third kappa shape index (κ3) is 7.11. The molecule has 0 aromatic heterocycles. The number of halogens is 2. The maximum atomic E-state index is 9.12. The second kappa shape index (κ2) is 15.3. The molecule has 0 radical (unpaired) electrons. The van der Waals surface area contributed by atoms with E-state index in [0.29, 0.717) is 23.7 Å². The molecule has 2 atom stereocenters. The van der Waals surface area contributed by atoms with Gasteiger partial charge >= 0.3 is 353 Å². The molecule has 4 heteroatoms. The first-order chi connectivity index (χ1) is 25.9. The van der Waals surface area contributed by atoms with Crippen LogP contribution in [0.4, 0.5) is 0 Å². The summed E-state index contributed by atoms with van der Waals surface area (Å²) < 4.78 is 0.0102. The van der Waals surface area contributed by atoms with Crippen LogP contribution >= 0.6 is 17.0 Å². The summed E-state index contributed by atoms with van der Waals surface area (Å²) >= 11 is -5.16. The van der Waals surface area contributed by atoms with Crippen molar-refractivity contribution in [2.45, 2.75) is 141 Å². The number of hydrogen-bond acceptors (Lipinski definition) is 0. The van der Waals surface area contributed by atoms with Crippen molar-refractivity contribution in [3.05, 3.63) is 128 Å². The maximum absolute atomic E-state index is 9.12. The van der Waals surface area contributed by atoms with Crippen LogP contribution in [0.1, 0.15) is 172 Å². The molecule has 4 aromatic carbocycles. The van der Waals surface area contributed by atoms with Crippen LogP contribution in [0.25, 0.3) is 34.4 Å². The van der Waals surface area contributed by atoms with Gasteiger partial charge in [0.2, 0.25) is 0 Å². The molecule has 0 amide bonds.